The van der Waals surface area contributed by atoms with Gasteiger partial charge in [0.2, 0.25) is 5.91 Å². The topological polar surface area (TPSA) is 82.8 Å². The molecule has 0 bridgehead atoms. The molecule has 0 radical (unpaired) electrons. The van der Waals surface area contributed by atoms with Crippen LogP contribution in [0.3, 0.4) is 0 Å². The van der Waals surface area contributed by atoms with Gasteiger partial charge in [0.15, 0.2) is 5.96 Å². The van der Waals surface area contributed by atoms with Gasteiger partial charge in [0.25, 0.3) is 0 Å². The number of hydrogen-bond acceptors (Lipinski definition) is 4. The van der Waals surface area contributed by atoms with Crippen LogP contribution in [0.25, 0.3) is 0 Å². The summed E-state index contributed by atoms with van der Waals surface area (Å²) in [5, 5.41) is 9.01. The third-order valence-electron chi connectivity index (χ3n) is 4.47. The average molecular weight is 493 g/mol. The van der Waals surface area contributed by atoms with Crippen LogP contribution in [0.15, 0.2) is 22.5 Å². The standard InChI is InChI=1S/C18H31N5OS.HI/c1-4-20-17(21-13-18(2,3)15-6-5-11-25-15)22-14-7-9-23(10-8-14)12-16(19)24;/h5-6,11,14H,4,7-10,12-13H2,1-3H3,(H2,19,24)(H2,20,21,22);1H. The first kappa shape index (κ1) is 23.2. The lowest BCUT2D eigenvalue weighted by Gasteiger charge is -2.32. The van der Waals surface area contributed by atoms with Crippen molar-refractivity contribution in [3.05, 3.63) is 22.4 Å². The molecule has 8 heteroatoms. The summed E-state index contributed by atoms with van der Waals surface area (Å²) in [6.45, 7) is 10.3. The molecular formula is C18H32IN5OS. The van der Waals surface area contributed by atoms with E-state index in [4.69, 9.17) is 10.7 Å². The number of halogens is 1. The van der Waals surface area contributed by atoms with Crippen LogP contribution in [0.4, 0.5) is 0 Å². The van der Waals surface area contributed by atoms with Crippen molar-refractivity contribution < 1.29 is 4.79 Å². The van der Waals surface area contributed by atoms with Gasteiger partial charge in [0.05, 0.1) is 13.1 Å². The van der Waals surface area contributed by atoms with Gasteiger partial charge in [-0.15, -0.1) is 35.3 Å². The number of rotatable bonds is 7. The zero-order chi connectivity index (χ0) is 18.3. The van der Waals surface area contributed by atoms with Gasteiger partial charge in [-0.2, -0.15) is 0 Å². The van der Waals surface area contributed by atoms with Crippen LogP contribution < -0.4 is 16.4 Å². The van der Waals surface area contributed by atoms with E-state index in [1.54, 1.807) is 11.3 Å². The summed E-state index contributed by atoms with van der Waals surface area (Å²) < 4.78 is 0. The summed E-state index contributed by atoms with van der Waals surface area (Å²) in [5.74, 6) is 0.623. The van der Waals surface area contributed by atoms with E-state index in [0.29, 0.717) is 12.6 Å². The largest absolute Gasteiger partial charge is 0.369 e. The molecule has 4 N–H and O–H groups in total. The molecule has 6 nitrogen and oxygen atoms in total. The number of carbonyl (C=O) groups excluding carboxylic acids is 1. The lowest BCUT2D eigenvalue weighted by atomic mass is 9.92. The minimum Gasteiger partial charge on any atom is -0.369 e. The Bertz CT molecular complexity index is 568. The SMILES string of the molecule is CCNC(=NCC(C)(C)c1cccs1)NC1CCN(CC(N)=O)CC1.I. The normalized spacial score (nSPS) is 16.8. The van der Waals surface area contributed by atoms with Gasteiger partial charge in [-0.3, -0.25) is 14.7 Å². The van der Waals surface area contributed by atoms with E-state index >= 15 is 0 Å². The molecular weight excluding hydrogens is 461 g/mol. The van der Waals surface area contributed by atoms with E-state index < -0.39 is 0 Å². The van der Waals surface area contributed by atoms with E-state index in [-0.39, 0.29) is 35.3 Å². The lowest BCUT2D eigenvalue weighted by molar-refractivity contribution is -0.119. The Balaban J connectivity index is 0.00000338. The summed E-state index contributed by atoms with van der Waals surface area (Å²) >= 11 is 1.78. The van der Waals surface area contributed by atoms with Crippen molar-refractivity contribution in [1.29, 1.82) is 0 Å². The molecule has 2 heterocycles. The Hall–Kier alpha value is -0.870. The van der Waals surface area contributed by atoms with Gasteiger partial charge in [0.1, 0.15) is 0 Å². The highest BCUT2D eigenvalue weighted by molar-refractivity contribution is 14.0. The van der Waals surface area contributed by atoms with Crippen molar-refractivity contribution in [2.75, 3.05) is 32.7 Å². The van der Waals surface area contributed by atoms with Crippen LogP contribution >= 0.6 is 35.3 Å². The molecule has 26 heavy (non-hydrogen) atoms. The molecule has 0 spiro atoms. The predicted octanol–water partition coefficient (Wildman–Crippen LogP) is 2.15. The highest BCUT2D eigenvalue weighted by Crippen LogP contribution is 2.27. The molecule has 0 atom stereocenters. The van der Waals surface area contributed by atoms with Crippen LogP contribution in [0, 0.1) is 0 Å². The fraction of sp³-hybridized carbons (Fsp3) is 0.667. The number of amides is 1. The molecule has 0 saturated carbocycles. The number of nitrogens with two attached hydrogens (primary N) is 1. The second kappa shape index (κ2) is 11.1. The Morgan fingerprint density at radius 2 is 2.12 bits per heavy atom. The number of likely N-dealkylation sites (tertiary alicyclic amines) is 1. The zero-order valence-electron chi connectivity index (χ0n) is 16.0. The smallest absolute Gasteiger partial charge is 0.231 e. The molecule has 0 unspecified atom stereocenters. The van der Waals surface area contributed by atoms with Crippen LogP contribution in [0.5, 0.6) is 0 Å². The van der Waals surface area contributed by atoms with Gasteiger partial charge in [0, 0.05) is 36.0 Å². The maximum Gasteiger partial charge on any atom is 0.231 e. The number of nitrogens with zero attached hydrogens (tertiary/aromatic N) is 2. The first-order valence-corrected chi connectivity index (χ1v) is 9.88. The maximum absolute atomic E-state index is 11.0. The molecule has 0 aliphatic carbocycles. The number of thiophene rings is 1. The summed E-state index contributed by atoms with van der Waals surface area (Å²) in [5.41, 5.74) is 5.30. The highest BCUT2D eigenvalue weighted by Gasteiger charge is 2.23. The van der Waals surface area contributed by atoms with Crippen LogP contribution in [0.1, 0.15) is 38.5 Å². The number of carbonyl (C=O) groups is 1. The summed E-state index contributed by atoms with van der Waals surface area (Å²) in [6, 6.07) is 4.65. The summed E-state index contributed by atoms with van der Waals surface area (Å²) in [4.78, 5) is 19.3. The number of hydrogen-bond donors (Lipinski definition) is 3. The Morgan fingerprint density at radius 3 is 2.65 bits per heavy atom. The maximum atomic E-state index is 11.0. The third-order valence-corrected chi connectivity index (χ3v) is 5.71. The Morgan fingerprint density at radius 1 is 1.42 bits per heavy atom. The van der Waals surface area contributed by atoms with Crippen LogP contribution in [0.2, 0.25) is 0 Å². The van der Waals surface area contributed by atoms with Crippen LogP contribution in [-0.2, 0) is 10.2 Å². The number of aliphatic imine (C=N–C) groups is 1. The first-order valence-electron chi connectivity index (χ1n) is 9.00. The van der Waals surface area contributed by atoms with E-state index in [2.05, 4.69) is 53.8 Å². The molecule has 148 valence electrons. The molecule has 2 rings (SSSR count). The molecule has 1 aromatic heterocycles. The summed E-state index contributed by atoms with van der Waals surface area (Å²) in [7, 11) is 0. The zero-order valence-corrected chi connectivity index (χ0v) is 19.1. The first-order chi connectivity index (χ1) is 11.9. The third kappa shape index (κ3) is 7.40. The minimum atomic E-state index is -0.253. The van der Waals surface area contributed by atoms with Crippen molar-refractivity contribution in [3.8, 4) is 0 Å². The second-order valence-electron chi connectivity index (χ2n) is 7.22. The number of primary amides is 1. The quantitative estimate of drug-likeness (QED) is 0.309. The van der Waals surface area contributed by atoms with Crippen molar-refractivity contribution in [2.24, 2.45) is 10.7 Å². The highest BCUT2D eigenvalue weighted by atomic mass is 127. The molecule has 1 aromatic rings. The molecule has 1 aliphatic heterocycles. The molecule has 1 amide bonds. The van der Waals surface area contributed by atoms with Crippen molar-refractivity contribution in [3.63, 3.8) is 0 Å². The lowest BCUT2D eigenvalue weighted by Crippen LogP contribution is -2.50. The van der Waals surface area contributed by atoms with Gasteiger partial charge in [-0.25, -0.2) is 0 Å². The monoisotopic (exact) mass is 493 g/mol. The molecule has 1 saturated heterocycles. The number of guanidine groups is 1. The van der Waals surface area contributed by atoms with Crippen LogP contribution in [-0.4, -0.2) is 55.5 Å². The van der Waals surface area contributed by atoms with Crippen molar-refractivity contribution in [2.45, 2.75) is 45.1 Å². The van der Waals surface area contributed by atoms with Gasteiger partial charge < -0.3 is 16.4 Å². The second-order valence-corrected chi connectivity index (χ2v) is 8.17. The molecule has 1 aliphatic rings. The van der Waals surface area contributed by atoms with E-state index in [1.807, 2.05) is 0 Å². The fourth-order valence-corrected chi connectivity index (χ4v) is 3.83. The van der Waals surface area contributed by atoms with E-state index in [0.717, 1.165) is 45.0 Å². The van der Waals surface area contributed by atoms with Gasteiger partial charge >= 0.3 is 0 Å². The van der Waals surface area contributed by atoms with E-state index in [9.17, 15) is 4.79 Å². The average Bonchev–Trinajstić information content (AvgIpc) is 3.10. The van der Waals surface area contributed by atoms with Crippen molar-refractivity contribution >= 4 is 47.2 Å². The fourth-order valence-electron chi connectivity index (χ4n) is 2.99. The Labute approximate surface area is 178 Å². The molecule has 1 fully saturated rings. The van der Waals surface area contributed by atoms with Crippen molar-refractivity contribution in [1.82, 2.24) is 15.5 Å². The predicted molar refractivity (Wildman–Crippen MR) is 121 cm³/mol. The number of nitrogens with one attached hydrogen (secondary N) is 2. The number of piperidine rings is 1. The summed E-state index contributed by atoms with van der Waals surface area (Å²) in [6.07, 6.45) is 1.98. The Kier molecular flexibility index (Phi) is 9.88. The van der Waals surface area contributed by atoms with E-state index in [1.165, 1.54) is 4.88 Å². The minimum absolute atomic E-state index is 0. The van der Waals surface area contributed by atoms with Gasteiger partial charge in [-0.1, -0.05) is 19.9 Å². The van der Waals surface area contributed by atoms with Gasteiger partial charge in [-0.05, 0) is 31.2 Å². The molecule has 0 aromatic carbocycles.